The number of allylic oxidation sites excluding steroid dienone is 2. The van der Waals surface area contributed by atoms with Gasteiger partial charge in [0.2, 0.25) is 0 Å². The minimum absolute atomic E-state index is 0.108. The number of fused-ring (bicyclic) bond motifs is 2. The maximum absolute atomic E-state index is 8.96. The molecular weight excluding hydrogens is 887 g/mol. The van der Waals surface area contributed by atoms with E-state index in [0.29, 0.717) is 16.7 Å². The summed E-state index contributed by atoms with van der Waals surface area (Å²) in [6, 6.07) is 34.3. The van der Waals surface area contributed by atoms with E-state index >= 15 is 0 Å². The van der Waals surface area contributed by atoms with E-state index in [4.69, 9.17) is 17.0 Å². The summed E-state index contributed by atoms with van der Waals surface area (Å²) < 4.78 is 0.223. The molecule has 0 heterocycles. The minimum atomic E-state index is -4.94. The van der Waals surface area contributed by atoms with Crippen molar-refractivity contribution >= 4 is 35.1 Å². The summed E-state index contributed by atoms with van der Waals surface area (Å²) in [5.41, 5.74) is 18.0. The van der Waals surface area contributed by atoms with Gasteiger partial charge in [-0.1, -0.05) is 0 Å². The first-order valence-corrected chi connectivity index (χ1v) is 41.7. The second-order valence-electron chi connectivity index (χ2n) is 23.4. The van der Waals surface area contributed by atoms with E-state index < -0.39 is 21.5 Å². The van der Waals surface area contributed by atoms with Crippen LogP contribution in [0.2, 0.25) is 13.1 Å². The van der Waals surface area contributed by atoms with Gasteiger partial charge >= 0.3 is 386 Å². The zero-order chi connectivity index (χ0) is 42.4. The van der Waals surface area contributed by atoms with Crippen LogP contribution in [-0.4, -0.2) is 5.92 Å². The van der Waals surface area contributed by atoms with Gasteiger partial charge in [-0.25, -0.2) is 0 Å². The van der Waals surface area contributed by atoms with Crippen LogP contribution >= 0.6 is 17.0 Å². The Balaban J connectivity index is 0.923. The molecule has 8 fully saturated rings. The van der Waals surface area contributed by atoms with Gasteiger partial charge in [0, 0.05) is 0 Å². The SMILES string of the molecule is CCC1=Cc2c(-c3ccc(C45CC6CC(CC(C6)C4)C5)cc3)cccc2[CH]1[Zr]([Cl])([Cl])([CH]1C(C(C)CC)=Cc2c(-c3ccc(C45CC6CC(CC(C6)C4)C5)cc3)cccc21)[SiH](C)C. The molecule has 62 heavy (non-hydrogen) atoms. The normalized spacial score (nSPS) is 34.8. The van der Waals surface area contributed by atoms with E-state index in [9.17, 15) is 0 Å². The summed E-state index contributed by atoms with van der Waals surface area (Å²) in [4.78, 5) is 0. The number of rotatable bonds is 10. The van der Waals surface area contributed by atoms with Crippen molar-refractivity contribution in [3.8, 4) is 22.3 Å². The molecule has 0 spiro atoms. The molecule has 10 aliphatic rings. The number of benzene rings is 4. The third kappa shape index (κ3) is 6.09. The first-order valence-electron chi connectivity index (χ1n) is 25.4. The Morgan fingerprint density at radius 1 is 0.565 bits per heavy atom. The fourth-order valence-corrected chi connectivity index (χ4v) is 48.9. The molecule has 3 atom stereocenters. The molecule has 0 radical (unpaired) electrons. The van der Waals surface area contributed by atoms with E-state index in [1.54, 1.807) is 11.1 Å². The first kappa shape index (κ1) is 41.5. The van der Waals surface area contributed by atoms with Crippen LogP contribution in [0.5, 0.6) is 0 Å². The quantitative estimate of drug-likeness (QED) is 0.139. The topological polar surface area (TPSA) is 0 Å². The summed E-state index contributed by atoms with van der Waals surface area (Å²) in [6.45, 7) is 12.2. The number of halogens is 2. The Kier molecular flexibility index (Phi) is 9.88. The molecule has 0 amide bonds. The molecule has 10 aliphatic carbocycles. The summed E-state index contributed by atoms with van der Waals surface area (Å²) in [6.07, 6.45) is 24.6. The summed E-state index contributed by atoms with van der Waals surface area (Å²) in [7, 11) is 17.9. The van der Waals surface area contributed by atoms with E-state index in [1.165, 1.54) is 133 Å². The molecule has 0 N–H and O–H groups in total. The van der Waals surface area contributed by atoms with Crippen LogP contribution in [0.1, 0.15) is 151 Å². The fourth-order valence-electron chi connectivity index (χ4n) is 17.4. The monoisotopic (exact) mass is 953 g/mol. The predicted octanol–water partition coefficient (Wildman–Crippen LogP) is 17.0. The molecule has 14 rings (SSSR count). The van der Waals surface area contributed by atoms with Crippen LogP contribution in [0.4, 0.5) is 0 Å². The van der Waals surface area contributed by atoms with Gasteiger partial charge in [0.25, 0.3) is 0 Å². The average molecular weight is 956 g/mol. The fraction of sp³-hybridized carbons (Fsp3) is 0.517. The molecule has 8 saturated carbocycles. The van der Waals surface area contributed by atoms with E-state index in [-0.39, 0.29) is 7.25 Å². The van der Waals surface area contributed by atoms with Gasteiger partial charge in [0.1, 0.15) is 0 Å². The van der Waals surface area contributed by atoms with Crippen molar-refractivity contribution in [2.45, 2.75) is 142 Å². The second kappa shape index (κ2) is 14.8. The predicted molar refractivity (Wildman–Crippen MR) is 265 cm³/mol. The molecule has 4 aromatic rings. The summed E-state index contributed by atoms with van der Waals surface area (Å²) in [5.74, 6) is 4.47. The Bertz CT molecular complexity index is 2430. The molecule has 8 bridgehead atoms. The van der Waals surface area contributed by atoms with Crippen molar-refractivity contribution in [1.82, 2.24) is 0 Å². The van der Waals surface area contributed by atoms with Gasteiger partial charge < -0.3 is 0 Å². The number of hydrogen-bond acceptors (Lipinski definition) is 0. The van der Waals surface area contributed by atoms with Crippen molar-refractivity contribution in [3.63, 3.8) is 0 Å². The van der Waals surface area contributed by atoms with E-state index in [1.807, 2.05) is 0 Å². The molecule has 4 heteroatoms. The Morgan fingerprint density at radius 3 is 1.35 bits per heavy atom. The van der Waals surface area contributed by atoms with Crippen molar-refractivity contribution in [3.05, 3.63) is 129 Å². The van der Waals surface area contributed by atoms with Crippen LogP contribution in [0.25, 0.3) is 34.4 Å². The Hall–Kier alpha value is -1.96. The molecular formula is C58H69Cl2SiZr. The van der Waals surface area contributed by atoms with Crippen molar-refractivity contribution in [2.24, 2.45) is 41.4 Å². The molecule has 0 saturated heterocycles. The Morgan fingerprint density at radius 2 is 0.968 bits per heavy atom. The maximum atomic E-state index is 8.96. The van der Waals surface area contributed by atoms with Crippen molar-refractivity contribution in [1.29, 1.82) is 0 Å². The Labute approximate surface area is 382 Å². The van der Waals surface area contributed by atoms with Crippen molar-refractivity contribution in [2.75, 3.05) is 0 Å². The van der Waals surface area contributed by atoms with Crippen LogP contribution in [0.15, 0.2) is 96.1 Å². The molecule has 0 aromatic heterocycles. The zero-order valence-electron chi connectivity index (χ0n) is 38.2. The average Bonchev–Trinajstić information content (AvgIpc) is 3.86. The third-order valence-electron chi connectivity index (χ3n) is 19.7. The molecule has 4 aromatic carbocycles. The molecule has 3 unspecified atom stereocenters. The number of hydrogen-bond donors (Lipinski definition) is 0. The van der Waals surface area contributed by atoms with Crippen LogP contribution in [0, 0.1) is 41.4 Å². The van der Waals surface area contributed by atoms with Crippen LogP contribution in [-0.2, 0) is 26.4 Å². The van der Waals surface area contributed by atoms with Gasteiger partial charge in [0.15, 0.2) is 0 Å². The first-order chi connectivity index (χ1) is 29.9. The van der Waals surface area contributed by atoms with Gasteiger partial charge in [-0.05, 0) is 0 Å². The summed E-state index contributed by atoms with van der Waals surface area (Å²) >= 11 is -4.94. The van der Waals surface area contributed by atoms with Crippen molar-refractivity contribution < 1.29 is 15.6 Å². The zero-order valence-corrected chi connectivity index (χ0v) is 43.3. The molecule has 0 aliphatic heterocycles. The van der Waals surface area contributed by atoms with Crippen LogP contribution < -0.4 is 0 Å². The second-order valence-corrected chi connectivity index (χ2v) is 65.9. The van der Waals surface area contributed by atoms with Gasteiger partial charge in [-0.2, -0.15) is 0 Å². The van der Waals surface area contributed by atoms with Gasteiger partial charge in [0.05, 0.1) is 0 Å². The standard InChI is InChI=1S/C29H33.C27H29.C2H7Si.2ClH.Zr/c1-3-19(2)25-14-24-5-4-6-27(28(24)15-25)23-7-9-26(10-8-23)29-16-20-11-21(17-29)13-22(12-20)18-29;1-2-18-13-23-4-3-5-25(26(23)14-18)22-6-8-24(9-7-22)27-15-19-10-20(16-27)12-21(11-19)17-27;1-3-2;;;/h4-10,14-15,19-22H,3,11-13,16-18H2,1-2H3;3-9,13-14,19-21H,2,10-12,15-17H2,1H3;3H,1-2H3;2*1H;/q;;;;;+2/p-2. The third-order valence-corrected chi connectivity index (χ3v) is 71.5. The molecule has 0 nitrogen and oxygen atoms in total. The van der Waals surface area contributed by atoms with Gasteiger partial charge in [-0.15, -0.1) is 0 Å². The summed E-state index contributed by atoms with van der Waals surface area (Å²) in [5, 5.41) is 0. The molecule has 323 valence electrons. The van der Waals surface area contributed by atoms with Crippen LogP contribution in [0.3, 0.4) is 0 Å². The van der Waals surface area contributed by atoms with E-state index in [0.717, 1.165) is 48.3 Å². The van der Waals surface area contributed by atoms with Gasteiger partial charge in [-0.3, -0.25) is 0 Å². The van der Waals surface area contributed by atoms with E-state index in [2.05, 4.69) is 131 Å².